The fourth-order valence-corrected chi connectivity index (χ4v) is 4.73. The molecule has 2 aromatic carbocycles. The second kappa shape index (κ2) is 11.8. The number of rotatable bonds is 10. The molecule has 2 amide bonds. The van der Waals surface area contributed by atoms with E-state index in [0.29, 0.717) is 25.9 Å². The molecule has 0 aliphatic carbocycles. The molecule has 0 radical (unpaired) electrons. The summed E-state index contributed by atoms with van der Waals surface area (Å²) in [5, 5.41) is 6.38. The zero-order chi connectivity index (χ0) is 24.6. The highest BCUT2D eigenvalue weighted by Crippen LogP contribution is 2.20. The number of carbonyl (C=O) groups is 2. The van der Waals surface area contributed by atoms with Crippen molar-refractivity contribution in [1.82, 2.24) is 14.9 Å². The van der Waals surface area contributed by atoms with Crippen LogP contribution in [0.2, 0.25) is 0 Å². The Morgan fingerprint density at radius 3 is 2.50 bits per heavy atom. The topological polar surface area (TPSA) is 134 Å². The van der Waals surface area contributed by atoms with Gasteiger partial charge in [0.05, 0.1) is 12.0 Å². The summed E-state index contributed by atoms with van der Waals surface area (Å²) in [6, 6.07) is 15.0. The Balaban J connectivity index is 1.69. The van der Waals surface area contributed by atoms with E-state index in [0.717, 1.165) is 16.7 Å². The molecule has 0 unspecified atom stereocenters. The minimum atomic E-state index is -3.62. The van der Waals surface area contributed by atoms with Crippen LogP contribution >= 0.6 is 0 Å². The van der Waals surface area contributed by atoms with Crippen molar-refractivity contribution >= 4 is 28.1 Å². The number of benzene rings is 2. The lowest BCUT2D eigenvalue weighted by molar-refractivity contribution is -0.139. The van der Waals surface area contributed by atoms with Gasteiger partial charge in [-0.15, -0.1) is 0 Å². The highest BCUT2D eigenvalue weighted by Gasteiger charge is 2.38. The second-order valence-corrected chi connectivity index (χ2v) is 10.2. The third kappa shape index (κ3) is 6.88. The van der Waals surface area contributed by atoms with Gasteiger partial charge in [-0.1, -0.05) is 54.6 Å². The fourth-order valence-electron chi connectivity index (χ4n) is 3.95. The van der Waals surface area contributed by atoms with E-state index in [1.54, 1.807) is 0 Å². The lowest BCUT2D eigenvalue weighted by Crippen LogP contribution is -2.54. The van der Waals surface area contributed by atoms with Crippen molar-refractivity contribution in [3.05, 3.63) is 71.3 Å². The van der Waals surface area contributed by atoms with Gasteiger partial charge < -0.3 is 16.1 Å². The summed E-state index contributed by atoms with van der Waals surface area (Å²) in [6.07, 6.45) is 2.95. The molecule has 1 saturated heterocycles. The number of hydrazone groups is 1. The molecule has 2 atom stereocenters. The molecule has 10 heteroatoms. The number of nitrogens with two attached hydrogens (primary N) is 1. The van der Waals surface area contributed by atoms with Crippen LogP contribution in [0.25, 0.3) is 0 Å². The Bertz CT molecular complexity index is 1100. The number of likely N-dealkylation sites (tertiary alicyclic amines) is 1. The molecule has 3 rings (SSSR count). The molecule has 0 spiro atoms. The first-order valence-electron chi connectivity index (χ1n) is 11.3. The van der Waals surface area contributed by atoms with Gasteiger partial charge >= 0.3 is 0 Å². The van der Waals surface area contributed by atoms with Crippen LogP contribution in [0.5, 0.6) is 0 Å². The molecule has 9 nitrogen and oxygen atoms in total. The van der Waals surface area contributed by atoms with Crippen LogP contribution in [0.3, 0.4) is 0 Å². The van der Waals surface area contributed by atoms with Crippen LogP contribution in [-0.4, -0.2) is 55.7 Å². The van der Waals surface area contributed by atoms with E-state index in [2.05, 4.69) is 15.1 Å². The Morgan fingerprint density at radius 1 is 1.15 bits per heavy atom. The molecular formula is C24H31N5O4S. The van der Waals surface area contributed by atoms with Crippen molar-refractivity contribution in [3.8, 4) is 0 Å². The van der Waals surface area contributed by atoms with Crippen LogP contribution in [0.4, 0.5) is 0 Å². The SMILES string of the molecule is CCS(=O)(=O)N[C@H](Cc1ccccc1)C(=O)N1CCC[C@H]1C(=O)NCc1ccc(C=NN)cc1. The Labute approximate surface area is 200 Å². The number of nitrogens with zero attached hydrogens (tertiary/aromatic N) is 2. The molecule has 4 N–H and O–H groups in total. The number of carbonyl (C=O) groups excluding carboxylic acids is 2. The molecule has 1 heterocycles. The predicted molar refractivity (Wildman–Crippen MR) is 131 cm³/mol. The number of hydrogen-bond acceptors (Lipinski definition) is 6. The number of hydrogen-bond donors (Lipinski definition) is 3. The van der Waals surface area contributed by atoms with Gasteiger partial charge in [-0.05, 0) is 42.9 Å². The zero-order valence-corrected chi connectivity index (χ0v) is 20.0. The summed E-state index contributed by atoms with van der Waals surface area (Å²) in [4.78, 5) is 27.9. The summed E-state index contributed by atoms with van der Waals surface area (Å²) in [6.45, 7) is 2.24. The summed E-state index contributed by atoms with van der Waals surface area (Å²) in [5.74, 6) is 4.38. The molecular weight excluding hydrogens is 454 g/mol. The third-order valence-electron chi connectivity index (χ3n) is 5.79. The Hall–Kier alpha value is -3.24. The maximum atomic E-state index is 13.4. The molecule has 1 fully saturated rings. The van der Waals surface area contributed by atoms with Crippen molar-refractivity contribution < 1.29 is 18.0 Å². The van der Waals surface area contributed by atoms with Crippen molar-refractivity contribution in [2.45, 2.75) is 44.8 Å². The van der Waals surface area contributed by atoms with E-state index in [1.165, 1.54) is 18.0 Å². The molecule has 1 aliphatic rings. The van der Waals surface area contributed by atoms with Crippen LogP contribution in [-0.2, 0) is 32.6 Å². The first-order chi connectivity index (χ1) is 16.3. The van der Waals surface area contributed by atoms with E-state index in [9.17, 15) is 18.0 Å². The van der Waals surface area contributed by atoms with Gasteiger partial charge in [0.15, 0.2) is 0 Å². The van der Waals surface area contributed by atoms with Crippen LogP contribution in [0.1, 0.15) is 36.5 Å². The summed E-state index contributed by atoms with van der Waals surface area (Å²) in [7, 11) is -3.62. The smallest absolute Gasteiger partial charge is 0.243 e. The lowest BCUT2D eigenvalue weighted by Gasteiger charge is -2.28. The van der Waals surface area contributed by atoms with Crippen LogP contribution < -0.4 is 15.9 Å². The number of sulfonamides is 1. The third-order valence-corrected chi connectivity index (χ3v) is 7.19. The van der Waals surface area contributed by atoms with Crippen LogP contribution in [0, 0.1) is 0 Å². The van der Waals surface area contributed by atoms with Gasteiger partial charge in [-0.3, -0.25) is 9.59 Å². The molecule has 0 aromatic heterocycles. The Kier molecular flexibility index (Phi) is 8.78. The minimum Gasteiger partial charge on any atom is -0.350 e. The minimum absolute atomic E-state index is 0.134. The molecule has 182 valence electrons. The highest BCUT2D eigenvalue weighted by molar-refractivity contribution is 7.89. The van der Waals surface area contributed by atoms with E-state index < -0.39 is 22.1 Å². The molecule has 0 bridgehead atoms. The van der Waals surface area contributed by atoms with Crippen molar-refractivity contribution in [3.63, 3.8) is 0 Å². The highest BCUT2D eigenvalue weighted by atomic mass is 32.2. The molecule has 2 aromatic rings. The average Bonchev–Trinajstić information content (AvgIpc) is 3.33. The van der Waals surface area contributed by atoms with Gasteiger partial charge in [0, 0.05) is 13.1 Å². The Morgan fingerprint density at radius 2 is 1.85 bits per heavy atom. The van der Waals surface area contributed by atoms with E-state index >= 15 is 0 Å². The quantitative estimate of drug-likeness (QED) is 0.264. The number of amides is 2. The molecule has 1 aliphatic heterocycles. The number of nitrogens with one attached hydrogen (secondary N) is 2. The zero-order valence-electron chi connectivity index (χ0n) is 19.2. The van der Waals surface area contributed by atoms with E-state index in [4.69, 9.17) is 5.84 Å². The summed E-state index contributed by atoms with van der Waals surface area (Å²) in [5.41, 5.74) is 2.59. The van der Waals surface area contributed by atoms with Crippen molar-refractivity contribution in [1.29, 1.82) is 0 Å². The van der Waals surface area contributed by atoms with Crippen molar-refractivity contribution in [2.75, 3.05) is 12.3 Å². The van der Waals surface area contributed by atoms with Gasteiger partial charge in [0.1, 0.15) is 12.1 Å². The van der Waals surface area contributed by atoms with E-state index in [1.807, 2.05) is 54.6 Å². The van der Waals surface area contributed by atoms with Crippen molar-refractivity contribution in [2.24, 2.45) is 10.9 Å². The monoisotopic (exact) mass is 485 g/mol. The maximum Gasteiger partial charge on any atom is 0.243 e. The van der Waals surface area contributed by atoms with Gasteiger partial charge in [-0.25, -0.2) is 13.1 Å². The summed E-state index contributed by atoms with van der Waals surface area (Å²) < 4.78 is 27.1. The average molecular weight is 486 g/mol. The lowest BCUT2D eigenvalue weighted by atomic mass is 10.0. The largest absolute Gasteiger partial charge is 0.350 e. The first-order valence-corrected chi connectivity index (χ1v) is 12.9. The molecule has 34 heavy (non-hydrogen) atoms. The van der Waals surface area contributed by atoms with E-state index in [-0.39, 0.29) is 24.0 Å². The normalized spacial score (nSPS) is 17.1. The van der Waals surface area contributed by atoms with Gasteiger partial charge in [-0.2, -0.15) is 5.10 Å². The summed E-state index contributed by atoms with van der Waals surface area (Å²) >= 11 is 0. The second-order valence-electron chi connectivity index (χ2n) is 8.19. The molecule has 0 saturated carbocycles. The van der Waals surface area contributed by atoms with Gasteiger partial charge in [0.25, 0.3) is 0 Å². The van der Waals surface area contributed by atoms with Gasteiger partial charge in [0.2, 0.25) is 21.8 Å². The predicted octanol–water partition coefficient (Wildman–Crippen LogP) is 1.14. The fraction of sp³-hybridized carbons (Fsp3) is 0.375. The maximum absolute atomic E-state index is 13.4. The first kappa shape index (κ1) is 25.4. The standard InChI is InChI=1S/C24H31N5O4S/c1-2-34(32,33)28-21(15-18-7-4-3-5-8-18)24(31)29-14-6-9-22(29)23(30)26-16-19-10-12-20(13-11-19)17-27-25/h3-5,7-8,10-13,17,21-22,28H,2,6,9,14-16,25H2,1H3,(H,26,30)/t21-,22+/m1/s1. The van der Waals surface area contributed by atoms with Crippen LogP contribution in [0.15, 0.2) is 59.7 Å².